The topological polar surface area (TPSA) is 240 Å². The van der Waals surface area contributed by atoms with Crippen LogP contribution in [-0.4, -0.2) is 66.3 Å². The van der Waals surface area contributed by atoms with Gasteiger partial charge in [-0.05, 0) is 12.1 Å². The lowest BCUT2D eigenvalue weighted by Crippen LogP contribution is -2.07. The van der Waals surface area contributed by atoms with Gasteiger partial charge in [-0.3, -0.25) is 20.2 Å². The standard InChI is InChI=1S/C12H13N5O3.C10H7ClN4O2.C2H7NO.ClH/c18-5-4-13-11-7-12(15-8-14-11)16-9-2-1-3-10(6-9)17(19)20;11-9-5-10(13-6-12-9)14-7-2-1-3-8(4-7)15(16)17;3-1-2-4;/h1-3,6-8,18H,4-5H2,(H2,13,14,15,16);1-6H,(H,12,13,14);4H,1-3H2;1H. The van der Waals surface area contributed by atoms with Crippen LogP contribution in [0, 0.1) is 20.2 Å². The molecule has 4 aromatic rings. The SMILES string of the molecule is Cl.NCCO.O=[N+]([O-])c1cccc(Nc2cc(Cl)ncn2)c1.O=[N+]([O-])c1cccc(Nc2cc(NCCO)ncn2)c1. The van der Waals surface area contributed by atoms with Crippen molar-refractivity contribution >= 4 is 64.2 Å². The first-order valence-electron chi connectivity index (χ1n) is 11.7. The molecule has 4 rings (SSSR count). The van der Waals surface area contributed by atoms with Crippen molar-refractivity contribution in [3.8, 4) is 0 Å². The number of rotatable bonds is 10. The minimum atomic E-state index is -0.460. The van der Waals surface area contributed by atoms with E-state index in [1.807, 2.05) is 0 Å². The van der Waals surface area contributed by atoms with Crippen molar-refractivity contribution in [2.45, 2.75) is 0 Å². The maximum absolute atomic E-state index is 10.7. The van der Waals surface area contributed by atoms with Crippen LogP contribution in [0.15, 0.2) is 73.3 Å². The molecule has 0 aliphatic rings. The summed E-state index contributed by atoms with van der Waals surface area (Å²) in [4.78, 5) is 36.0. The van der Waals surface area contributed by atoms with E-state index < -0.39 is 9.85 Å². The van der Waals surface area contributed by atoms with Crippen molar-refractivity contribution in [2.24, 2.45) is 5.73 Å². The first kappa shape index (κ1) is 35.3. The fourth-order valence-corrected chi connectivity index (χ4v) is 2.95. The van der Waals surface area contributed by atoms with Crippen LogP contribution in [0.5, 0.6) is 0 Å². The predicted molar refractivity (Wildman–Crippen MR) is 161 cm³/mol. The number of aromatic nitrogens is 4. The number of hydrogen-bond donors (Lipinski definition) is 6. The van der Waals surface area contributed by atoms with E-state index >= 15 is 0 Å². The molecule has 0 unspecified atom stereocenters. The molecule has 0 bridgehead atoms. The summed E-state index contributed by atoms with van der Waals surface area (Å²) in [6.07, 6.45) is 2.67. The zero-order chi connectivity index (χ0) is 30.0. The maximum atomic E-state index is 10.7. The van der Waals surface area contributed by atoms with Gasteiger partial charge in [-0.25, -0.2) is 19.9 Å². The number of halogens is 2. The molecular formula is C24H28Cl2N10O6. The second-order valence-corrected chi connectivity index (χ2v) is 7.93. The summed E-state index contributed by atoms with van der Waals surface area (Å²) in [5, 5.41) is 46.8. The molecular weight excluding hydrogens is 595 g/mol. The van der Waals surface area contributed by atoms with Gasteiger partial charge in [0.2, 0.25) is 0 Å². The van der Waals surface area contributed by atoms with Crippen LogP contribution >= 0.6 is 24.0 Å². The maximum Gasteiger partial charge on any atom is 0.271 e. The molecule has 0 radical (unpaired) electrons. The first-order chi connectivity index (χ1) is 19.7. The van der Waals surface area contributed by atoms with Crippen LogP contribution in [0.3, 0.4) is 0 Å². The van der Waals surface area contributed by atoms with E-state index in [0.29, 0.717) is 47.1 Å². The van der Waals surface area contributed by atoms with Crippen LogP contribution in [0.2, 0.25) is 5.15 Å². The number of nitro groups is 2. The minimum Gasteiger partial charge on any atom is -0.395 e. The summed E-state index contributed by atoms with van der Waals surface area (Å²) >= 11 is 5.69. The fraction of sp³-hybridized carbons (Fsp3) is 0.167. The van der Waals surface area contributed by atoms with E-state index in [0.717, 1.165) is 0 Å². The van der Waals surface area contributed by atoms with Crippen LogP contribution in [0.25, 0.3) is 0 Å². The lowest BCUT2D eigenvalue weighted by molar-refractivity contribution is -0.385. The normalized spacial score (nSPS) is 9.52. The summed E-state index contributed by atoms with van der Waals surface area (Å²) in [6.45, 7) is 0.852. The first-order valence-corrected chi connectivity index (χ1v) is 12.1. The van der Waals surface area contributed by atoms with Gasteiger partial charge in [-0.1, -0.05) is 23.7 Å². The summed E-state index contributed by atoms with van der Waals surface area (Å²) in [6, 6.07) is 15.4. The molecule has 0 fully saturated rings. The second kappa shape index (κ2) is 19.4. The van der Waals surface area contributed by atoms with Crippen molar-refractivity contribution in [2.75, 3.05) is 42.3 Å². The highest BCUT2D eigenvalue weighted by atomic mass is 35.5. The molecule has 0 atom stereocenters. The van der Waals surface area contributed by atoms with Gasteiger partial charge in [0.25, 0.3) is 11.4 Å². The van der Waals surface area contributed by atoms with Gasteiger partial charge >= 0.3 is 0 Å². The van der Waals surface area contributed by atoms with E-state index in [9.17, 15) is 20.2 Å². The Kier molecular flexibility index (Phi) is 16.3. The Hall–Kier alpha value is -4.74. The van der Waals surface area contributed by atoms with Gasteiger partial charge in [-0.15, -0.1) is 12.4 Å². The molecule has 2 aromatic carbocycles. The third-order valence-corrected chi connectivity index (χ3v) is 4.71. The Balaban J connectivity index is 0.000000368. The zero-order valence-electron chi connectivity index (χ0n) is 21.8. The lowest BCUT2D eigenvalue weighted by atomic mass is 10.3. The van der Waals surface area contributed by atoms with E-state index in [1.165, 1.54) is 43.0 Å². The molecule has 2 aromatic heterocycles. The number of hydrogen-bond acceptors (Lipinski definition) is 14. The van der Waals surface area contributed by atoms with Crippen molar-refractivity contribution in [3.05, 3.63) is 98.7 Å². The predicted octanol–water partition coefficient (Wildman–Crippen LogP) is 3.67. The Morgan fingerprint density at radius 2 is 1.24 bits per heavy atom. The van der Waals surface area contributed by atoms with Gasteiger partial charge < -0.3 is 31.9 Å². The fourth-order valence-electron chi connectivity index (χ4n) is 2.80. The smallest absolute Gasteiger partial charge is 0.271 e. The number of non-ortho nitro benzene ring substituents is 2. The van der Waals surface area contributed by atoms with Crippen LogP contribution < -0.4 is 21.7 Å². The molecule has 7 N–H and O–H groups in total. The lowest BCUT2D eigenvalue weighted by Gasteiger charge is -2.07. The zero-order valence-corrected chi connectivity index (χ0v) is 23.4. The molecule has 0 saturated carbocycles. The molecule has 0 aliphatic carbocycles. The van der Waals surface area contributed by atoms with Gasteiger partial charge in [-0.2, -0.15) is 0 Å². The number of nitro benzene ring substituents is 2. The number of benzene rings is 2. The molecule has 2 heterocycles. The summed E-state index contributed by atoms with van der Waals surface area (Å²) in [5.41, 5.74) is 5.91. The molecule has 18 heteroatoms. The molecule has 0 amide bonds. The Morgan fingerprint density at radius 1 is 0.762 bits per heavy atom. The Labute approximate surface area is 250 Å². The third kappa shape index (κ3) is 13.1. The molecule has 42 heavy (non-hydrogen) atoms. The highest BCUT2D eigenvalue weighted by molar-refractivity contribution is 6.29. The van der Waals surface area contributed by atoms with Crippen LogP contribution in [0.1, 0.15) is 0 Å². The number of anilines is 5. The monoisotopic (exact) mass is 622 g/mol. The number of nitrogens with zero attached hydrogens (tertiary/aromatic N) is 6. The highest BCUT2D eigenvalue weighted by Gasteiger charge is 2.07. The average Bonchev–Trinajstić information content (AvgIpc) is 2.97. The molecule has 0 saturated heterocycles. The average molecular weight is 623 g/mol. The highest BCUT2D eigenvalue weighted by Crippen LogP contribution is 2.22. The number of nitrogens with two attached hydrogens (primary N) is 1. The number of nitrogens with one attached hydrogen (secondary N) is 3. The number of aliphatic hydroxyl groups excluding tert-OH is 2. The molecule has 0 spiro atoms. The van der Waals surface area contributed by atoms with Gasteiger partial charge in [0, 0.05) is 60.9 Å². The molecule has 0 aliphatic heterocycles. The third-order valence-electron chi connectivity index (χ3n) is 4.51. The second-order valence-electron chi connectivity index (χ2n) is 7.54. The van der Waals surface area contributed by atoms with Crippen molar-refractivity contribution < 1.29 is 20.1 Å². The minimum absolute atomic E-state index is 0. The van der Waals surface area contributed by atoms with E-state index in [4.69, 9.17) is 27.5 Å². The van der Waals surface area contributed by atoms with Gasteiger partial charge in [0.15, 0.2) is 0 Å². The van der Waals surface area contributed by atoms with E-state index in [-0.39, 0.29) is 37.0 Å². The quantitative estimate of drug-likeness (QED) is 0.0839. The Morgan fingerprint density at radius 3 is 1.69 bits per heavy atom. The Bertz CT molecular complexity index is 1420. The number of aliphatic hydroxyl groups is 2. The van der Waals surface area contributed by atoms with Gasteiger partial charge in [0.1, 0.15) is 35.3 Å². The van der Waals surface area contributed by atoms with Crippen molar-refractivity contribution in [1.82, 2.24) is 19.9 Å². The summed E-state index contributed by atoms with van der Waals surface area (Å²) in [5.74, 6) is 1.54. The molecule has 224 valence electrons. The van der Waals surface area contributed by atoms with Crippen LogP contribution in [-0.2, 0) is 0 Å². The van der Waals surface area contributed by atoms with Crippen LogP contribution in [0.4, 0.5) is 40.2 Å². The molecule has 16 nitrogen and oxygen atoms in total. The van der Waals surface area contributed by atoms with Gasteiger partial charge in [0.05, 0.1) is 23.1 Å². The van der Waals surface area contributed by atoms with Crippen molar-refractivity contribution in [3.63, 3.8) is 0 Å². The summed E-state index contributed by atoms with van der Waals surface area (Å²) < 4.78 is 0. The largest absolute Gasteiger partial charge is 0.395 e. The summed E-state index contributed by atoms with van der Waals surface area (Å²) in [7, 11) is 0. The van der Waals surface area contributed by atoms with Crippen molar-refractivity contribution in [1.29, 1.82) is 0 Å². The van der Waals surface area contributed by atoms with E-state index in [2.05, 4.69) is 35.9 Å². The van der Waals surface area contributed by atoms with E-state index in [1.54, 1.807) is 30.3 Å².